The smallest absolute Gasteiger partial charge is 0.237 e. The Morgan fingerprint density at radius 2 is 1.83 bits per heavy atom. The van der Waals surface area contributed by atoms with Crippen molar-refractivity contribution < 1.29 is 23.0 Å². The second-order valence-electron chi connectivity index (χ2n) is 5.07. The van der Waals surface area contributed by atoms with Crippen molar-refractivity contribution >= 4 is 5.91 Å². The summed E-state index contributed by atoms with van der Waals surface area (Å²) in [7, 11) is 0. The van der Waals surface area contributed by atoms with Gasteiger partial charge in [-0.2, -0.15) is 0 Å². The molecule has 1 aromatic rings. The van der Waals surface area contributed by atoms with Crippen molar-refractivity contribution in [1.82, 2.24) is 5.32 Å². The molecule has 0 fully saturated rings. The summed E-state index contributed by atoms with van der Waals surface area (Å²) in [6, 6.07) is 2.59. The highest BCUT2D eigenvalue weighted by molar-refractivity contribution is 5.82. The molecule has 1 rings (SSSR count). The van der Waals surface area contributed by atoms with Gasteiger partial charge in [0.15, 0.2) is 17.9 Å². The molecule has 0 saturated heterocycles. The molecule has 0 saturated carbocycles. The van der Waals surface area contributed by atoms with Crippen LogP contribution in [0.15, 0.2) is 18.2 Å². The summed E-state index contributed by atoms with van der Waals surface area (Å²) in [5, 5.41) is 2.65. The lowest BCUT2D eigenvalue weighted by atomic mass is 9.93. The third-order valence-corrected chi connectivity index (χ3v) is 3.46. The Morgan fingerprint density at radius 1 is 1.22 bits per heavy atom. The van der Waals surface area contributed by atoms with Gasteiger partial charge in [0.2, 0.25) is 5.91 Å². The number of nitrogens with one attached hydrogen (secondary N) is 1. The average molecular weight is 330 g/mol. The van der Waals surface area contributed by atoms with Gasteiger partial charge in [-0.05, 0) is 31.5 Å². The lowest BCUT2D eigenvalue weighted by molar-refractivity contribution is -0.141. The Balaban J connectivity index is 2.62. The first-order valence-corrected chi connectivity index (χ1v) is 7.62. The maximum Gasteiger partial charge on any atom is 0.237 e. The first-order chi connectivity index (χ1) is 10.9. The van der Waals surface area contributed by atoms with Gasteiger partial charge in [-0.25, -0.2) is 8.78 Å². The second kappa shape index (κ2) is 9.54. The minimum atomic E-state index is -0.963. The van der Waals surface area contributed by atoms with Gasteiger partial charge in [0.05, 0.1) is 12.6 Å². The normalized spacial score (nSPS) is 13.9. The van der Waals surface area contributed by atoms with Crippen LogP contribution >= 0.6 is 0 Å². The number of hydrogen-bond acceptors (Lipinski definition) is 4. The van der Waals surface area contributed by atoms with Crippen LogP contribution in [0.25, 0.3) is 0 Å². The fraction of sp³-hybridized carbons (Fsp3) is 0.562. The molecular formula is C16H24F2N2O3. The van der Waals surface area contributed by atoms with Crippen LogP contribution in [-0.2, 0) is 14.3 Å². The SMILES string of the molecule is CCOC(CNC(=O)C(N)C(C)c1ccc(F)c(F)c1)OCC. The predicted molar refractivity (Wildman–Crippen MR) is 82.8 cm³/mol. The zero-order valence-corrected chi connectivity index (χ0v) is 13.6. The Hall–Kier alpha value is -1.57. The van der Waals surface area contributed by atoms with Crippen LogP contribution in [0, 0.1) is 11.6 Å². The molecular weight excluding hydrogens is 306 g/mol. The lowest BCUT2D eigenvalue weighted by Gasteiger charge is -2.22. The van der Waals surface area contributed by atoms with Crippen LogP contribution in [0.5, 0.6) is 0 Å². The average Bonchev–Trinajstić information content (AvgIpc) is 2.54. The lowest BCUT2D eigenvalue weighted by Crippen LogP contribution is -2.46. The number of halogens is 2. The van der Waals surface area contributed by atoms with E-state index in [9.17, 15) is 13.6 Å². The summed E-state index contributed by atoms with van der Waals surface area (Å²) in [4.78, 5) is 12.1. The van der Waals surface area contributed by atoms with Crippen LogP contribution in [0.4, 0.5) is 8.78 Å². The zero-order valence-electron chi connectivity index (χ0n) is 13.6. The topological polar surface area (TPSA) is 73.6 Å². The van der Waals surface area contributed by atoms with E-state index < -0.39 is 35.8 Å². The highest BCUT2D eigenvalue weighted by Crippen LogP contribution is 2.20. The molecule has 0 bridgehead atoms. The van der Waals surface area contributed by atoms with Crippen molar-refractivity contribution in [2.75, 3.05) is 19.8 Å². The van der Waals surface area contributed by atoms with Crippen molar-refractivity contribution in [2.45, 2.75) is 39.0 Å². The summed E-state index contributed by atoms with van der Waals surface area (Å²) < 4.78 is 36.9. The van der Waals surface area contributed by atoms with Gasteiger partial charge >= 0.3 is 0 Å². The molecule has 1 amide bonds. The number of amides is 1. The van der Waals surface area contributed by atoms with Gasteiger partial charge in [-0.3, -0.25) is 4.79 Å². The van der Waals surface area contributed by atoms with Crippen LogP contribution in [0.3, 0.4) is 0 Å². The highest BCUT2D eigenvalue weighted by Gasteiger charge is 2.24. The van der Waals surface area contributed by atoms with Gasteiger partial charge in [0.1, 0.15) is 0 Å². The molecule has 0 heterocycles. The maximum atomic E-state index is 13.3. The molecule has 0 aromatic heterocycles. The van der Waals surface area contributed by atoms with E-state index in [2.05, 4.69) is 5.32 Å². The summed E-state index contributed by atoms with van der Waals surface area (Å²) in [5.74, 6) is -2.78. The van der Waals surface area contributed by atoms with Gasteiger partial charge in [0.25, 0.3) is 0 Å². The molecule has 2 atom stereocenters. The van der Waals surface area contributed by atoms with Crippen molar-refractivity contribution in [1.29, 1.82) is 0 Å². The monoisotopic (exact) mass is 330 g/mol. The number of carbonyl (C=O) groups excluding carboxylic acids is 1. The van der Waals surface area contributed by atoms with E-state index in [-0.39, 0.29) is 6.54 Å². The third-order valence-electron chi connectivity index (χ3n) is 3.46. The molecule has 1 aromatic carbocycles. The van der Waals surface area contributed by atoms with Crippen molar-refractivity contribution in [3.63, 3.8) is 0 Å². The Labute approximate surface area is 135 Å². The van der Waals surface area contributed by atoms with E-state index >= 15 is 0 Å². The van der Waals surface area contributed by atoms with Crippen LogP contribution in [-0.4, -0.2) is 38.0 Å². The molecule has 2 unspecified atom stereocenters. The minimum Gasteiger partial charge on any atom is -0.351 e. The van der Waals surface area contributed by atoms with E-state index in [1.807, 2.05) is 13.8 Å². The van der Waals surface area contributed by atoms with Crippen LogP contribution in [0.2, 0.25) is 0 Å². The Kier molecular flexibility index (Phi) is 8.08. The Morgan fingerprint density at radius 3 is 2.35 bits per heavy atom. The third kappa shape index (κ3) is 5.85. The predicted octanol–water partition coefficient (Wildman–Crippen LogP) is 1.91. The molecule has 0 spiro atoms. The van der Waals surface area contributed by atoms with E-state index in [1.165, 1.54) is 6.07 Å². The fourth-order valence-electron chi connectivity index (χ4n) is 2.07. The van der Waals surface area contributed by atoms with Gasteiger partial charge in [-0.1, -0.05) is 13.0 Å². The summed E-state index contributed by atoms with van der Waals surface area (Å²) >= 11 is 0. The standard InChI is InChI=1S/C16H24F2N2O3/c1-4-22-14(23-5-2)9-20-16(21)15(19)10(3)11-6-7-12(17)13(18)8-11/h6-8,10,14-15H,4-5,9,19H2,1-3H3,(H,20,21). The highest BCUT2D eigenvalue weighted by atomic mass is 19.2. The molecule has 130 valence electrons. The molecule has 7 heteroatoms. The molecule has 0 aliphatic carbocycles. The first-order valence-electron chi connectivity index (χ1n) is 7.62. The van der Waals surface area contributed by atoms with Crippen molar-refractivity contribution in [3.8, 4) is 0 Å². The van der Waals surface area contributed by atoms with E-state index in [1.54, 1.807) is 6.92 Å². The molecule has 0 radical (unpaired) electrons. The van der Waals surface area contributed by atoms with Gasteiger partial charge in [0, 0.05) is 19.1 Å². The molecule has 23 heavy (non-hydrogen) atoms. The van der Waals surface area contributed by atoms with Crippen molar-refractivity contribution in [2.24, 2.45) is 5.73 Å². The van der Waals surface area contributed by atoms with E-state index in [0.717, 1.165) is 12.1 Å². The van der Waals surface area contributed by atoms with Gasteiger partial charge in [-0.15, -0.1) is 0 Å². The molecule has 5 nitrogen and oxygen atoms in total. The number of carbonyl (C=O) groups is 1. The minimum absolute atomic E-state index is 0.165. The maximum absolute atomic E-state index is 13.3. The number of ether oxygens (including phenoxy) is 2. The fourth-order valence-corrected chi connectivity index (χ4v) is 2.07. The number of nitrogens with two attached hydrogens (primary N) is 1. The summed E-state index contributed by atoms with van der Waals surface area (Å²) in [5.41, 5.74) is 6.36. The van der Waals surface area contributed by atoms with E-state index in [4.69, 9.17) is 15.2 Å². The molecule has 3 N–H and O–H groups in total. The van der Waals surface area contributed by atoms with Crippen LogP contribution in [0.1, 0.15) is 32.3 Å². The molecule has 0 aliphatic rings. The van der Waals surface area contributed by atoms with Crippen molar-refractivity contribution in [3.05, 3.63) is 35.4 Å². The van der Waals surface area contributed by atoms with E-state index in [0.29, 0.717) is 18.8 Å². The quantitative estimate of drug-likeness (QED) is 0.679. The first kappa shape index (κ1) is 19.5. The number of rotatable bonds is 9. The largest absolute Gasteiger partial charge is 0.351 e. The molecule has 0 aliphatic heterocycles. The van der Waals surface area contributed by atoms with Gasteiger partial charge < -0.3 is 20.5 Å². The van der Waals surface area contributed by atoms with Crippen LogP contribution < -0.4 is 11.1 Å². The number of hydrogen-bond donors (Lipinski definition) is 2. The summed E-state index contributed by atoms with van der Waals surface area (Å²) in [6.45, 7) is 6.41. The second-order valence-corrected chi connectivity index (χ2v) is 5.07. The summed E-state index contributed by atoms with van der Waals surface area (Å²) in [6.07, 6.45) is -0.542. The number of benzene rings is 1. The zero-order chi connectivity index (χ0) is 17.4. The Bertz CT molecular complexity index is 508.